The van der Waals surface area contributed by atoms with Gasteiger partial charge in [-0.05, 0) is 61.4 Å². The number of para-hydroxylation sites is 1. The molecule has 0 spiro atoms. The number of nitriles is 1. The van der Waals surface area contributed by atoms with E-state index in [9.17, 15) is 37.2 Å². The monoisotopic (exact) mass is 632 g/mol. The average molecular weight is 633 g/mol. The molecule has 0 aliphatic carbocycles. The van der Waals surface area contributed by atoms with Gasteiger partial charge in [0.15, 0.2) is 5.69 Å². The van der Waals surface area contributed by atoms with Gasteiger partial charge in [-0.25, -0.2) is 9.07 Å². The van der Waals surface area contributed by atoms with Crippen LogP contribution < -0.4 is 10.2 Å². The zero-order valence-corrected chi connectivity index (χ0v) is 24.3. The number of carbonyl (C=O) groups excluding carboxylic acids is 3. The van der Waals surface area contributed by atoms with Crippen LogP contribution >= 0.6 is 0 Å². The van der Waals surface area contributed by atoms with Crippen molar-refractivity contribution in [3.63, 3.8) is 0 Å². The molecule has 3 amide bonds. The van der Waals surface area contributed by atoms with Gasteiger partial charge >= 0.3 is 6.18 Å². The zero-order chi connectivity index (χ0) is 32.7. The molecule has 13 heteroatoms. The number of likely N-dealkylation sites (N-methyl/N-ethyl adjacent to an activating group) is 1. The summed E-state index contributed by atoms with van der Waals surface area (Å²) in [7, 11) is 0. The molecule has 1 N–H and O–H groups in total. The number of alkyl halides is 3. The Morgan fingerprint density at radius 2 is 1.78 bits per heavy atom. The lowest BCUT2D eigenvalue weighted by Gasteiger charge is -2.39. The van der Waals surface area contributed by atoms with Crippen LogP contribution in [0.2, 0.25) is 0 Å². The standard InChI is InChI=1S/C33H26F4N6O3.H2/c1-2-41-30-26(28(32(46)42-16-15-24(42)18-38)40-43(30)23-9-4-3-5-10-23)25(19-11-13-22(34)14-12-19)27(31(41)45)39-29(44)20-7-6-8-21(17-20)33(35,36)37;/h3-14,17,24-25,27H,2,15-16H2,1H3,(H,39,44);1H/t24?,25-,27-;/m1./s1. The molecule has 9 nitrogen and oxygen atoms in total. The van der Waals surface area contributed by atoms with Crippen LogP contribution in [0, 0.1) is 17.1 Å². The molecule has 0 radical (unpaired) electrons. The Hall–Kier alpha value is -5.51. The van der Waals surface area contributed by atoms with Crippen molar-refractivity contribution in [3.05, 3.63) is 113 Å². The van der Waals surface area contributed by atoms with Crippen molar-refractivity contribution in [3.8, 4) is 11.8 Å². The van der Waals surface area contributed by atoms with Crippen LogP contribution in [0.4, 0.5) is 23.4 Å². The smallest absolute Gasteiger partial charge is 0.339 e. The van der Waals surface area contributed by atoms with Gasteiger partial charge in [-0.3, -0.25) is 19.3 Å². The average Bonchev–Trinajstić information content (AvgIpc) is 3.42. The van der Waals surface area contributed by atoms with Crippen molar-refractivity contribution in [1.29, 1.82) is 5.26 Å². The SMILES string of the molecule is CCN1C(=O)[C@H](NC(=O)c2cccc(C(F)(F)F)c2)[C@H](c2ccc(F)cc2)c2c(C(=O)N3CCC3C#N)nn(-c3ccccc3)c21.[HH]. The number of nitrogens with one attached hydrogen (secondary N) is 1. The van der Waals surface area contributed by atoms with E-state index in [1.807, 2.05) is 0 Å². The van der Waals surface area contributed by atoms with E-state index in [1.54, 1.807) is 37.3 Å². The summed E-state index contributed by atoms with van der Waals surface area (Å²) in [5.41, 5.74) is -0.321. The van der Waals surface area contributed by atoms with Gasteiger partial charge in [0.2, 0.25) is 0 Å². The minimum absolute atomic E-state index is 0. The number of anilines is 1. The molecule has 1 aromatic heterocycles. The first-order chi connectivity index (χ1) is 22.0. The van der Waals surface area contributed by atoms with E-state index < -0.39 is 53.3 Å². The van der Waals surface area contributed by atoms with Gasteiger partial charge in [-0.1, -0.05) is 36.4 Å². The van der Waals surface area contributed by atoms with Crippen LogP contribution in [-0.4, -0.2) is 57.6 Å². The van der Waals surface area contributed by atoms with E-state index in [0.29, 0.717) is 30.3 Å². The number of benzene rings is 3. The third-order valence-electron chi connectivity index (χ3n) is 8.25. The Labute approximate surface area is 262 Å². The Morgan fingerprint density at radius 1 is 1.07 bits per heavy atom. The van der Waals surface area contributed by atoms with Crippen LogP contribution in [0.15, 0.2) is 78.9 Å². The van der Waals surface area contributed by atoms with Crippen LogP contribution in [-0.2, 0) is 11.0 Å². The predicted octanol–water partition coefficient (Wildman–Crippen LogP) is 5.31. The maximum Gasteiger partial charge on any atom is 0.416 e. The van der Waals surface area contributed by atoms with E-state index in [-0.39, 0.29) is 30.6 Å². The molecule has 4 aromatic rings. The molecule has 1 unspecified atom stereocenters. The Morgan fingerprint density at radius 3 is 2.39 bits per heavy atom. The van der Waals surface area contributed by atoms with Crippen LogP contribution in [0.5, 0.6) is 0 Å². The van der Waals surface area contributed by atoms with Gasteiger partial charge in [-0.2, -0.15) is 23.5 Å². The number of carbonyl (C=O) groups is 3. The highest BCUT2D eigenvalue weighted by molar-refractivity contribution is 6.07. The van der Waals surface area contributed by atoms with Crippen LogP contribution in [0.3, 0.4) is 0 Å². The topological polar surface area (TPSA) is 111 Å². The number of aromatic nitrogens is 2. The molecule has 236 valence electrons. The fraction of sp³-hybridized carbons (Fsp3) is 0.242. The summed E-state index contributed by atoms with van der Waals surface area (Å²) in [6.45, 7) is 2.07. The van der Waals surface area contributed by atoms with Gasteiger partial charge < -0.3 is 10.2 Å². The molecule has 1 fully saturated rings. The second-order valence-electron chi connectivity index (χ2n) is 10.9. The van der Waals surface area contributed by atoms with Crippen molar-refractivity contribution < 1.29 is 33.4 Å². The predicted molar refractivity (Wildman–Crippen MR) is 160 cm³/mol. The van der Waals surface area contributed by atoms with E-state index in [1.165, 1.54) is 44.8 Å². The summed E-state index contributed by atoms with van der Waals surface area (Å²) in [4.78, 5) is 44.6. The minimum Gasteiger partial charge on any atom is -0.339 e. The molecule has 2 aliphatic rings. The lowest BCUT2D eigenvalue weighted by atomic mass is 9.80. The van der Waals surface area contributed by atoms with Crippen molar-refractivity contribution in [2.24, 2.45) is 0 Å². The van der Waals surface area contributed by atoms with Crippen LogP contribution in [0.1, 0.15) is 58.2 Å². The molecule has 6 rings (SSSR count). The van der Waals surface area contributed by atoms with Crippen molar-refractivity contribution >= 4 is 23.5 Å². The lowest BCUT2D eigenvalue weighted by Crippen LogP contribution is -2.56. The van der Waals surface area contributed by atoms with E-state index >= 15 is 0 Å². The number of rotatable bonds is 6. The number of fused-ring (bicyclic) bond motifs is 1. The number of amides is 3. The molecule has 46 heavy (non-hydrogen) atoms. The molecule has 1 saturated heterocycles. The third kappa shape index (κ3) is 5.25. The van der Waals surface area contributed by atoms with E-state index in [0.717, 1.165) is 12.1 Å². The number of likely N-dealkylation sites (tertiary alicyclic amines) is 1. The fourth-order valence-corrected chi connectivity index (χ4v) is 5.90. The first-order valence-corrected chi connectivity index (χ1v) is 14.5. The van der Waals surface area contributed by atoms with Gasteiger partial charge in [0.05, 0.1) is 17.3 Å². The molecular weight excluding hydrogens is 604 g/mol. The molecular formula is C33H28F4N6O3. The molecule has 3 atom stereocenters. The van der Waals surface area contributed by atoms with Crippen LogP contribution in [0.25, 0.3) is 5.69 Å². The quantitative estimate of drug-likeness (QED) is 0.290. The van der Waals surface area contributed by atoms with Gasteiger partial charge in [0.25, 0.3) is 17.7 Å². The summed E-state index contributed by atoms with van der Waals surface area (Å²) in [6.07, 6.45) is -4.23. The first-order valence-electron chi connectivity index (χ1n) is 14.5. The number of halogens is 4. The maximum atomic E-state index is 14.3. The van der Waals surface area contributed by atoms with Gasteiger partial charge in [-0.15, -0.1) is 0 Å². The van der Waals surface area contributed by atoms with Crippen molar-refractivity contribution in [2.45, 2.75) is 37.5 Å². The van der Waals surface area contributed by atoms with Gasteiger partial charge in [0, 0.05) is 31.6 Å². The summed E-state index contributed by atoms with van der Waals surface area (Å²) in [6, 6.07) is 17.7. The lowest BCUT2D eigenvalue weighted by molar-refractivity contribution is -0.137. The third-order valence-corrected chi connectivity index (χ3v) is 8.25. The number of hydrogen-bond donors (Lipinski definition) is 1. The molecule has 0 saturated carbocycles. The Bertz CT molecular complexity index is 1870. The normalized spacial score (nSPS) is 19.2. The Balaban J connectivity index is 0.00000433. The second-order valence-corrected chi connectivity index (χ2v) is 10.9. The zero-order valence-electron chi connectivity index (χ0n) is 24.3. The van der Waals surface area contributed by atoms with E-state index in [2.05, 4.69) is 16.5 Å². The fourth-order valence-electron chi connectivity index (χ4n) is 5.90. The summed E-state index contributed by atoms with van der Waals surface area (Å²) in [5, 5.41) is 16.9. The number of hydrogen-bond acceptors (Lipinski definition) is 5. The first kappa shape index (κ1) is 30.5. The Kier molecular flexibility index (Phi) is 7.81. The largest absolute Gasteiger partial charge is 0.416 e. The summed E-state index contributed by atoms with van der Waals surface area (Å²) in [5.74, 6) is -3.57. The number of nitrogens with zero attached hydrogens (tertiary/aromatic N) is 5. The van der Waals surface area contributed by atoms with Crippen molar-refractivity contribution in [1.82, 2.24) is 20.0 Å². The summed E-state index contributed by atoms with van der Waals surface area (Å²) >= 11 is 0. The summed E-state index contributed by atoms with van der Waals surface area (Å²) < 4.78 is 56.0. The highest BCUT2D eigenvalue weighted by Gasteiger charge is 2.48. The van der Waals surface area contributed by atoms with E-state index in [4.69, 9.17) is 0 Å². The second kappa shape index (κ2) is 11.8. The molecule has 0 bridgehead atoms. The van der Waals surface area contributed by atoms with Crippen molar-refractivity contribution in [2.75, 3.05) is 18.0 Å². The molecule has 2 aliphatic heterocycles. The highest BCUT2D eigenvalue weighted by Crippen LogP contribution is 2.44. The molecule has 3 heterocycles. The molecule has 3 aromatic carbocycles. The van der Waals surface area contributed by atoms with Gasteiger partial charge in [0.1, 0.15) is 23.7 Å². The minimum atomic E-state index is -4.71. The highest BCUT2D eigenvalue weighted by atomic mass is 19.4. The maximum absolute atomic E-state index is 14.3.